The maximum Gasteiger partial charge on any atom is 0.410 e. The fourth-order valence-corrected chi connectivity index (χ4v) is 5.12. The van der Waals surface area contributed by atoms with Gasteiger partial charge in [-0.3, -0.25) is 4.72 Å². The average Bonchev–Trinajstić information content (AvgIpc) is 2.74. The minimum Gasteiger partial charge on any atom is -0.481 e. The highest BCUT2D eigenvalue weighted by molar-refractivity contribution is 7.93. The van der Waals surface area contributed by atoms with Crippen LogP contribution in [0.3, 0.4) is 0 Å². The number of sulfonamides is 1. The molecule has 1 amide bonds. The van der Waals surface area contributed by atoms with Crippen molar-refractivity contribution in [3.8, 4) is 17.1 Å². The lowest BCUT2D eigenvalue weighted by Crippen LogP contribution is -2.45. The summed E-state index contributed by atoms with van der Waals surface area (Å²) in [5.41, 5.74) is 1.11. The lowest BCUT2D eigenvalue weighted by molar-refractivity contribution is 0.0217. The number of benzene rings is 1. The Hall–Kier alpha value is -2.52. The molecule has 10 heteroatoms. The minimum absolute atomic E-state index is 0.266. The molecule has 1 aliphatic heterocycles. The van der Waals surface area contributed by atoms with E-state index in [-0.39, 0.29) is 5.02 Å². The number of hydrogen-bond acceptors (Lipinski definition) is 6. The van der Waals surface area contributed by atoms with Gasteiger partial charge in [-0.1, -0.05) is 23.7 Å². The normalized spacial score (nSPS) is 15.3. The largest absolute Gasteiger partial charge is 0.481 e. The van der Waals surface area contributed by atoms with Crippen molar-refractivity contribution in [1.82, 2.24) is 9.88 Å². The zero-order valence-corrected chi connectivity index (χ0v) is 20.2. The van der Waals surface area contributed by atoms with Gasteiger partial charge in [-0.15, -0.1) is 0 Å². The maximum absolute atomic E-state index is 12.9. The lowest BCUT2D eigenvalue weighted by atomic mass is 10.1. The molecule has 8 nitrogen and oxygen atoms in total. The number of carbonyl (C=O) groups excluding carboxylic acids is 1. The molecular weight excluding hydrogens is 454 g/mol. The van der Waals surface area contributed by atoms with E-state index < -0.39 is 27.0 Å². The summed E-state index contributed by atoms with van der Waals surface area (Å²) in [5, 5.41) is -0.362. The molecule has 0 radical (unpaired) electrons. The maximum atomic E-state index is 12.9. The predicted molar refractivity (Wildman–Crippen MR) is 125 cm³/mol. The zero-order chi connectivity index (χ0) is 23.5. The Morgan fingerprint density at radius 3 is 2.47 bits per heavy atom. The first-order chi connectivity index (χ1) is 15.0. The van der Waals surface area contributed by atoms with Crippen LogP contribution in [0.1, 0.15) is 33.6 Å². The van der Waals surface area contributed by atoms with Crippen LogP contribution in [-0.2, 0) is 14.8 Å². The molecule has 1 aromatic heterocycles. The van der Waals surface area contributed by atoms with Gasteiger partial charge in [0.05, 0.1) is 28.8 Å². The van der Waals surface area contributed by atoms with Gasteiger partial charge < -0.3 is 14.4 Å². The van der Waals surface area contributed by atoms with E-state index in [1.54, 1.807) is 49.9 Å². The van der Waals surface area contributed by atoms with Crippen LogP contribution < -0.4 is 9.46 Å². The number of likely N-dealkylation sites (tertiary alicyclic amines) is 1. The number of methoxy groups -OCH3 is 1. The molecule has 1 aliphatic rings. The molecule has 1 aromatic carbocycles. The number of piperidine rings is 1. The van der Waals surface area contributed by atoms with Gasteiger partial charge in [0.25, 0.3) is 0 Å². The molecule has 1 fully saturated rings. The van der Waals surface area contributed by atoms with Crippen molar-refractivity contribution in [1.29, 1.82) is 0 Å². The van der Waals surface area contributed by atoms with Crippen LogP contribution in [0.2, 0.25) is 5.02 Å². The van der Waals surface area contributed by atoms with Gasteiger partial charge in [0.1, 0.15) is 5.60 Å². The van der Waals surface area contributed by atoms with E-state index in [0.29, 0.717) is 43.2 Å². The third kappa shape index (κ3) is 6.04. The zero-order valence-electron chi connectivity index (χ0n) is 18.6. The van der Waals surface area contributed by atoms with Crippen LogP contribution in [0.25, 0.3) is 11.3 Å². The number of amides is 1. The number of nitrogens with one attached hydrogen (secondary N) is 1. The van der Waals surface area contributed by atoms with Crippen molar-refractivity contribution < 1.29 is 22.7 Å². The molecule has 0 unspecified atom stereocenters. The number of aromatic nitrogens is 1. The fourth-order valence-electron chi connectivity index (χ4n) is 3.36. The first-order valence-electron chi connectivity index (χ1n) is 10.3. The smallest absolute Gasteiger partial charge is 0.410 e. The van der Waals surface area contributed by atoms with Crippen molar-refractivity contribution in [2.45, 2.75) is 44.5 Å². The SMILES string of the molecule is COc1cccc(-c2ccc(NS(=O)(=O)C3CCN(C(=O)OC(C)(C)C)CC3)c(Cl)c2)n1. The predicted octanol–water partition coefficient (Wildman–Crippen LogP) is 4.55. The highest BCUT2D eigenvalue weighted by Crippen LogP contribution is 2.31. The van der Waals surface area contributed by atoms with Crippen LogP contribution in [0.4, 0.5) is 10.5 Å². The highest BCUT2D eigenvalue weighted by Gasteiger charge is 2.33. The van der Waals surface area contributed by atoms with Crippen LogP contribution in [0.5, 0.6) is 5.88 Å². The minimum atomic E-state index is -3.68. The molecule has 1 saturated heterocycles. The Morgan fingerprint density at radius 1 is 1.19 bits per heavy atom. The Labute approximate surface area is 193 Å². The molecule has 0 aliphatic carbocycles. The van der Waals surface area contributed by atoms with E-state index in [9.17, 15) is 13.2 Å². The van der Waals surface area contributed by atoms with E-state index in [2.05, 4.69) is 9.71 Å². The molecule has 0 atom stereocenters. The van der Waals surface area contributed by atoms with Gasteiger partial charge in [0.2, 0.25) is 15.9 Å². The van der Waals surface area contributed by atoms with Crippen molar-refractivity contribution >= 4 is 33.4 Å². The third-order valence-corrected chi connectivity index (χ3v) is 7.15. The first-order valence-corrected chi connectivity index (χ1v) is 12.2. The van der Waals surface area contributed by atoms with E-state index in [0.717, 1.165) is 5.56 Å². The summed E-state index contributed by atoms with van der Waals surface area (Å²) in [7, 11) is -2.14. The molecule has 174 valence electrons. The van der Waals surface area contributed by atoms with Gasteiger partial charge in [-0.05, 0) is 51.8 Å². The second-order valence-corrected chi connectivity index (χ2v) is 10.9. The second-order valence-electron chi connectivity index (χ2n) is 8.57. The molecule has 2 heterocycles. The van der Waals surface area contributed by atoms with E-state index in [1.807, 2.05) is 12.1 Å². The second kappa shape index (κ2) is 9.54. The summed E-state index contributed by atoms with van der Waals surface area (Å²) in [5.74, 6) is 0.473. The van der Waals surface area contributed by atoms with Crippen LogP contribution in [0.15, 0.2) is 36.4 Å². The highest BCUT2D eigenvalue weighted by atomic mass is 35.5. The van der Waals surface area contributed by atoms with Gasteiger partial charge in [0.15, 0.2) is 0 Å². The number of halogens is 1. The Bertz CT molecular complexity index is 1080. The van der Waals surface area contributed by atoms with Crippen molar-refractivity contribution in [3.05, 3.63) is 41.4 Å². The van der Waals surface area contributed by atoms with Gasteiger partial charge in [0, 0.05) is 24.7 Å². The summed E-state index contributed by atoms with van der Waals surface area (Å²) in [6.07, 6.45) is 0.210. The van der Waals surface area contributed by atoms with Crippen molar-refractivity contribution in [3.63, 3.8) is 0 Å². The summed E-state index contributed by atoms with van der Waals surface area (Å²) in [4.78, 5) is 18.1. The Kier molecular flexibility index (Phi) is 7.19. The van der Waals surface area contributed by atoms with Gasteiger partial charge >= 0.3 is 6.09 Å². The van der Waals surface area contributed by atoms with E-state index in [4.69, 9.17) is 21.1 Å². The number of ether oxygens (including phenoxy) is 2. The first kappa shape index (κ1) is 24.1. The summed E-state index contributed by atoms with van der Waals surface area (Å²) >= 11 is 6.37. The summed E-state index contributed by atoms with van der Waals surface area (Å²) < 4.78 is 38.9. The van der Waals surface area contributed by atoms with Crippen molar-refractivity contribution in [2.24, 2.45) is 0 Å². The van der Waals surface area contributed by atoms with Crippen LogP contribution >= 0.6 is 11.6 Å². The van der Waals surface area contributed by atoms with Gasteiger partial charge in [-0.25, -0.2) is 18.2 Å². The number of nitrogens with zero attached hydrogens (tertiary/aromatic N) is 2. The van der Waals surface area contributed by atoms with E-state index in [1.165, 1.54) is 7.11 Å². The van der Waals surface area contributed by atoms with Crippen LogP contribution in [-0.4, -0.2) is 55.4 Å². The topological polar surface area (TPSA) is 97.8 Å². The monoisotopic (exact) mass is 481 g/mol. The molecule has 1 N–H and O–H groups in total. The molecule has 0 spiro atoms. The average molecular weight is 482 g/mol. The Balaban J connectivity index is 1.66. The molecule has 0 saturated carbocycles. The number of carbonyl (C=O) groups is 1. The molecule has 3 rings (SSSR count). The van der Waals surface area contributed by atoms with Crippen molar-refractivity contribution in [2.75, 3.05) is 24.9 Å². The fraction of sp³-hybridized carbons (Fsp3) is 0.455. The van der Waals surface area contributed by atoms with Crippen LogP contribution in [0, 0.1) is 0 Å². The van der Waals surface area contributed by atoms with E-state index >= 15 is 0 Å². The number of anilines is 1. The number of pyridine rings is 1. The molecule has 2 aromatic rings. The summed E-state index contributed by atoms with van der Waals surface area (Å²) in [6, 6.07) is 10.4. The number of rotatable bonds is 5. The molecular formula is C22H28ClN3O5S. The lowest BCUT2D eigenvalue weighted by Gasteiger charge is -2.33. The standard InChI is InChI=1S/C22H28ClN3O5S/c1-22(2,3)31-21(27)26-12-10-16(11-13-26)32(28,29)25-19-9-8-15(14-17(19)23)18-6-5-7-20(24-18)30-4/h5-9,14,16,25H,10-13H2,1-4H3. The molecule has 0 bridgehead atoms. The summed E-state index contributed by atoms with van der Waals surface area (Å²) in [6.45, 7) is 6.02. The van der Waals surface area contributed by atoms with Gasteiger partial charge in [-0.2, -0.15) is 0 Å². The Morgan fingerprint density at radius 2 is 1.88 bits per heavy atom. The third-order valence-electron chi connectivity index (χ3n) is 4.98. The molecule has 32 heavy (non-hydrogen) atoms. The number of hydrogen-bond donors (Lipinski definition) is 1. The quantitative estimate of drug-likeness (QED) is 0.672.